The van der Waals surface area contributed by atoms with Crippen LogP contribution in [0.15, 0.2) is 0 Å². The van der Waals surface area contributed by atoms with Crippen LogP contribution in [-0.2, 0) is 0 Å². The maximum atomic E-state index is 5.18. The fourth-order valence-electron chi connectivity index (χ4n) is 2.25. The third-order valence-electron chi connectivity index (χ3n) is 4.11. The number of hydrogen-bond acceptors (Lipinski definition) is 1. The molecule has 0 heterocycles. The molecule has 0 aromatic rings. The molecule has 1 fully saturated rings. The summed E-state index contributed by atoms with van der Waals surface area (Å²) in [4.78, 5) is 0. The van der Waals surface area contributed by atoms with Crippen LogP contribution in [0.1, 0.15) is 34.1 Å². The first kappa shape index (κ1) is 10.6. The van der Waals surface area contributed by atoms with Gasteiger partial charge < -0.3 is 5.32 Å². The van der Waals surface area contributed by atoms with E-state index in [0.29, 0.717) is 10.8 Å². The molecule has 1 saturated carbocycles. The van der Waals surface area contributed by atoms with Gasteiger partial charge >= 0.3 is 0 Å². The number of rotatable bonds is 4. The summed E-state index contributed by atoms with van der Waals surface area (Å²) < 4.78 is 0. The Labute approximate surface area is 82.3 Å². The lowest BCUT2D eigenvalue weighted by Gasteiger charge is -2.04. The van der Waals surface area contributed by atoms with Crippen LogP contribution < -0.4 is 5.32 Å². The van der Waals surface area contributed by atoms with Crippen molar-refractivity contribution in [1.29, 1.82) is 0 Å². The molecule has 0 atom stereocenters. The van der Waals surface area contributed by atoms with E-state index in [1.165, 1.54) is 0 Å². The lowest BCUT2D eigenvalue weighted by molar-refractivity contribution is 0.457. The number of nitrogens with one attached hydrogen (secondary N) is 1. The summed E-state index contributed by atoms with van der Waals surface area (Å²) in [5, 5.41) is 3.42. The lowest BCUT2D eigenvalue weighted by atomic mass is 10.0. The van der Waals surface area contributed by atoms with E-state index in [9.17, 15) is 0 Å². The third-order valence-corrected chi connectivity index (χ3v) is 4.11. The summed E-state index contributed by atoms with van der Waals surface area (Å²) in [6, 6.07) is 0. The van der Waals surface area contributed by atoms with Gasteiger partial charge in [-0.25, -0.2) is 0 Å². The molecule has 1 aliphatic carbocycles. The van der Waals surface area contributed by atoms with E-state index in [-0.39, 0.29) is 0 Å². The van der Waals surface area contributed by atoms with Crippen molar-refractivity contribution in [1.82, 2.24) is 5.32 Å². The fraction of sp³-hybridized carbons (Fsp3) is 0.833. The predicted molar refractivity (Wildman–Crippen MR) is 57.4 cm³/mol. The molecule has 1 heteroatoms. The first-order valence-electron chi connectivity index (χ1n) is 5.08. The van der Waals surface area contributed by atoms with Gasteiger partial charge in [0.05, 0.1) is 0 Å². The molecule has 0 unspecified atom stereocenters. The maximum absolute atomic E-state index is 5.18. The molecule has 1 aliphatic rings. The highest BCUT2D eigenvalue weighted by atomic mass is 14.9. The largest absolute Gasteiger partial charge is 0.315 e. The summed E-state index contributed by atoms with van der Waals surface area (Å²) in [6.45, 7) is 11.5. The molecule has 0 radical (unpaired) electrons. The Morgan fingerprint density at radius 2 is 1.77 bits per heavy atom. The second-order valence-electron chi connectivity index (χ2n) is 5.15. The van der Waals surface area contributed by atoms with Gasteiger partial charge in [0.25, 0.3) is 0 Å². The van der Waals surface area contributed by atoms with E-state index in [0.717, 1.165) is 25.4 Å². The van der Waals surface area contributed by atoms with Crippen molar-refractivity contribution in [2.75, 3.05) is 13.1 Å². The molecule has 0 aromatic carbocycles. The second kappa shape index (κ2) is 3.35. The molecule has 0 spiro atoms. The number of hydrogen-bond donors (Lipinski definition) is 1. The fourth-order valence-corrected chi connectivity index (χ4v) is 2.25. The Kier molecular flexibility index (Phi) is 2.73. The summed E-state index contributed by atoms with van der Waals surface area (Å²) >= 11 is 0. The first-order valence-corrected chi connectivity index (χ1v) is 5.08. The normalized spacial score (nSPS) is 23.9. The summed E-state index contributed by atoms with van der Waals surface area (Å²) in [6.07, 6.45) is 6.02. The molecule has 1 nitrogen and oxygen atoms in total. The first-order chi connectivity index (χ1) is 5.94. The Bertz CT molecular complexity index is 206. The van der Waals surface area contributed by atoms with Crippen molar-refractivity contribution >= 4 is 0 Å². The van der Waals surface area contributed by atoms with Crippen LogP contribution in [0.2, 0.25) is 0 Å². The van der Waals surface area contributed by atoms with Gasteiger partial charge in [0.2, 0.25) is 0 Å². The van der Waals surface area contributed by atoms with Crippen LogP contribution in [0.3, 0.4) is 0 Å². The highest BCUT2D eigenvalue weighted by Crippen LogP contribution is 2.67. The monoisotopic (exact) mass is 179 g/mol. The molecule has 13 heavy (non-hydrogen) atoms. The van der Waals surface area contributed by atoms with Crippen LogP contribution in [0, 0.1) is 29.1 Å². The van der Waals surface area contributed by atoms with Gasteiger partial charge in [-0.15, -0.1) is 12.3 Å². The highest BCUT2D eigenvalue weighted by Gasteiger charge is 2.63. The van der Waals surface area contributed by atoms with Crippen molar-refractivity contribution in [3.63, 3.8) is 0 Å². The average molecular weight is 179 g/mol. The molecule has 1 rings (SSSR count). The summed E-state index contributed by atoms with van der Waals surface area (Å²) in [5.41, 5.74) is 0.992. The smallest absolute Gasteiger partial charge is 0.0211 e. The Hall–Kier alpha value is -0.480. The van der Waals surface area contributed by atoms with E-state index in [4.69, 9.17) is 6.42 Å². The second-order valence-corrected chi connectivity index (χ2v) is 5.15. The standard InChI is InChI=1S/C12H21N/c1-6-7-8-13-9-10-11(2,3)12(10,4)5/h1,10,13H,7-9H2,2-5H3. The molecule has 74 valence electrons. The number of terminal acetylenes is 1. The van der Waals surface area contributed by atoms with Gasteiger partial charge in [-0.1, -0.05) is 27.7 Å². The van der Waals surface area contributed by atoms with Crippen LogP contribution in [0.5, 0.6) is 0 Å². The van der Waals surface area contributed by atoms with Gasteiger partial charge in [0.15, 0.2) is 0 Å². The van der Waals surface area contributed by atoms with Crippen molar-refractivity contribution in [3.8, 4) is 12.3 Å². The van der Waals surface area contributed by atoms with Gasteiger partial charge in [0.1, 0.15) is 0 Å². The van der Waals surface area contributed by atoms with Crippen molar-refractivity contribution in [3.05, 3.63) is 0 Å². The molecule has 0 amide bonds. The van der Waals surface area contributed by atoms with Crippen molar-refractivity contribution in [2.45, 2.75) is 34.1 Å². The summed E-state index contributed by atoms with van der Waals surface area (Å²) in [7, 11) is 0. The van der Waals surface area contributed by atoms with Crippen LogP contribution >= 0.6 is 0 Å². The maximum Gasteiger partial charge on any atom is 0.0211 e. The van der Waals surface area contributed by atoms with Crippen molar-refractivity contribution in [2.24, 2.45) is 16.7 Å². The molecule has 0 saturated heterocycles. The molecule has 0 bridgehead atoms. The zero-order valence-electron chi connectivity index (χ0n) is 9.28. The quantitative estimate of drug-likeness (QED) is 0.516. The highest BCUT2D eigenvalue weighted by molar-refractivity contribution is 5.12. The third kappa shape index (κ3) is 1.74. The van der Waals surface area contributed by atoms with Gasteiger partial charge in [0, 0.05) is 13.0 Å². The minimum atomic E-state index is 0.496. The molecule has 0 aromatic heterocycles. The van der Waals surface area contributed by atoms with Crippen LogP contribution in [-0.4, -0.2) is 13.1 Å². The van der Waals surface area contributed by atoms with Gasteiger partial charge in [-0.2, -0.15) is 0 Å². The Morgan fingerprint density at radius 3 is 2.15 bits per heavy atom. The van der Waals surface area contributed by atoms with E-state index in [2.05, 4.69) is 38.9 Å². The van der Waals surface area contributed by atoms with E-state index >= 15 is 0 Å². The Morgan fingerprint density at radius 1 is 1.23 bits per heavy atom. The molecule has 1 N–H and O–H groups in total. The van der Waals surface area contributed by atoms with Crippen LogP contribution in [0.25, 0.3) is 0 Å². The topological polar surface area (TPSA) is 12.0 Å². The zero-order valence-corrected chi connectivity index (χ0v) is 9.28. The van der Waals surface area contributed by atoms with Crippen molar-refractivity contribution < 1.29 is 0 Å². The summed E-state index contributed by atoms with van der Waals surface area (Å²) in [5.74, 6) is 3.44. The molecular formula is C12H21N. The van der Waals surface area contributed by atoms with Gasteiger partial charge in [-0.3, -0.25) is 0 Å². The average Bonchev–Trinajstić information content (AvgIpc) is 2.39. The lowest BCUT2D eigenvalue weighted by Crippen LogP contribution is -2.20. The van der Waals surface area contributed by atoms with E-state index in [1.807, 2.05) is 0 Å². The SMILES string of the molecule is C#CCCNCC1C(C)(C)C1(C)C. The predicted octanol–water partition coefficient (Wildman–Crippen LogP) is 2.28. The van der Waals surface area contributed by atoms with Crippen LogP contribution in [0.4, 0.5) is 0 Å². The minimum absolute atomic E-state index is 0.496. The minimum Gasteiger partial charge on any atom is -0.315 e. The van der Waals surface area contributed by atoms with Gasteiger partial charge in [-0.05, 0) is 23.3 Å². The zero-order chi connectivity index (χ0) is 10.1. The van der Waals surface area contributed by atoms with E-state index < -0.39 is 0 Å². The van der Waals surface area contributed by atoms with E-state index in [1.54, 1.807) is 0 Å². The Balaban J connectivity index is 2.23. The molecular weight excluding hydrogens is 158 g/mol. The molecule has 0 aliphatic heterocycles.